The molecular weight excluding hydrogens is 259 g/mol. The Morgan fingerprint density at radius 1 is 1.50 bits per heavy atom. The van der Waals surface area contributed by atoms with Gasteiger partial charge in [0, 0.05) is 25.8 Å². The Bertz CT molecular complexity index is 474. The summed E-state index contributed by atoms with van der Waals surface area (Å²) in [5.41, 5.74) is 0.0259. The van der Waals surface area contributed by atoms with E-state index in [0.29, 0.717) is 6.54 Å². The largest absolute Gasteiger partial charge is 0.371 e. The number of hydrogen-bond donors (Lipinski definition) is 2. The van der Waals surface area contributed by atoms with E-state index in [-0.39, 0.29) is 17.4 Å². The molecular formula is C14H21FN4O. The number of carbonyl (C=O) groups is 1. The fourth-order valence-corrected chi connectivity index (χ4v) is 2.44. The summed E-state index contributed by atoms with van der Waals surface area (Å²) in [5, 5.41) is 5.42. The topological polar surface area (TPSA) is 57.3 Å². The summed E-state index contributed by atoms with van der Waals surface area (Å²) in [6, 6.07) is 1.67. The third-order valence-corrected chi connectivity index (χ3v) is 3.69. The first-order chi connectivity index (χ1) is 9.63. The van der Waals surface area contributed by atoms with E-state index in [0.717, 1.165) is 13.1 Å². The zero-order chi connectivity index (χ0) is 14.5. The van der Waals surface area contributed by atoms with E-state index >= 15 is 0 Å². The standard InChI is InChI=1S/C14H21FN4O/c1-10(19-7-3-4-8-19)9-18-14(20)11-5-6-17-13(16-2)12(11)15/h5-6,10H,3-4,7-9H2,1-2H3,(H,16,17)(H,18,20). The van der Waals surface area contributed by atoms with Crippen LogP contribution in [0.5, 0.6) is 0 Å². The molecule has 1 unspecified atom stereocenters. The molecule has 1 saturated heterocycles. The number of rotatable bonds is 5. The molecule has 0 aliphatic carbocycles. The van der Waals surface area contributed by atoms with Gasteiger partial charge in [0.2, 0.25) is 0 Å². The van der Waals surface area contributed by atoms with Crippen molar-refractivity contribution in [3.8, 4) is 0 Å². The lowest BCUT2D eigenvalue weighted by Crippen LogP contribution is -2.40. The van der Waals surface area contributed by atoms with Crippen LogP contribution in [0, 0.1) is 5.82 Å². The number of anilines is 1. The molecule has 1 fully saturated rings. The zero-order valence-electron chi connectivity index (χ0n) is 11.9. The average molecular weight is 280 g/mol. The minimum absolute atomic E-state index is 0.0259. The summed E-state index contributed by atoms with van der Waals surface area (Å²) in [4.78, 5) is 18.2. The lowest BCUT2D eigenvalue weighted by molar-refractivity contribution is 0.0936. The van der Waals surface area contributed by atoms with Gasteiger partial charge in [-0.3, -0.25) is 9.69 Å². The van der Waals surface area contributed by atoms with Gasteiger partial charge >= 0.3 is 0 Å². The highest BCUT2D eigenvalue weighted by Crippen LogP contribution is 2.15. The summed E-state index contributed by atoms with van der Waals surface area (Å²) < 4.78 is 14.0. The Morgan fingerprint density at radius 3 is 2.85 bits per heavy atom. The van der Waals surface area contributed by atoms with E-state index in [1.807, 2.05) is 0 Å². The molecule has 0 bridgehead atoms. The molecule has 1 aliphatic rings. The van der Waals surface area contributed by atoms with Crippen molar-refractivity contribution >= 4 is 11.7 Å². The number of pyridine rings is 1. The molecule has 2 rings (SSSR count). The van der Waals surface area contributed by atoms with Crippen LogP contribution in [0.15, 0.2) is 12.3 Å². The highest BCUT2D eigenvalue weighted by molar-refractivity contribution is 5.95. The summed E-state index contributed by atoms with van der Waals surface area (Å²) in [6.07, 6.45) is 3.85. The minimum Gasteiger partial charge on any atom is -0.371 e. The molecule has 1 amide bonds. The van der Waals surface area contributed by atoms with Crippen LogP contribution in [0.2, 0.25) is 0 Å². The predicted octanol–water partition coefficient (Wildman–Crippen LogP) is 1.48. The molecule has 0 radical (unpaired) electrons. The maximum absolute atomic E-state index is 14.0. The Kier molecular flexibility index (Phi) is 4.89. The van der Waals surface area contributed by atoms with Crippen LogP contribution < -0.4 is 10.6 Å². The van der Waals surface area contributed by atoms with Crippen molar-refractivity contribution in [1.82, 2.24) is 15.2 Å². The van der Waals surface area contributed by atoms with Gasteiger partial charge in [-0.1, -0.05) is 0 Å². The Morgan fingerprint density at radius 2 is 2.20 bits per heavy atom. The highest BCUT2D eigenvalue weighted by atomic mass is 19.1. The molecule has 110 valence electrons. The first-order valence-corrected chi connectivity index (χ1v) is 6.98. The van der Waals surface area contributed by atoms with E-state index in [1.54, 1.807) is 7.05 Å². The molecule has 1 aliphatic heterocycles. The summed E-state index contributed by atoms with van der Waals surface area (Å²) in [7, 11) is 1.57. The fourth-order valence-electron chi connectivity index (χ4n) is 2.44. The molecule has 1 atom stereocenters. The van der Waals surface area contributed by atoms with E-state index in [1.165, 1.54) is 25.1 Å². The van der Waals surface area contributed by atoms with E-state index in [2.05, 4.69) is 27.4 Å². The van der Waals surface area contributed by atoms with Crippen molar-refractivity contribution in [2.24, 2.45) is 0 Å². The van der Waals surface area contributed by atoms with Crippen LogP contribution in [-0.2, 0) is 0 Å². The van der Waals surface area contributed by atoms with Gasteiger partial charge in [-0.05, 0) is 38.9 Å². The Labute approximate surface area is 118 Å². The van der Waals surface area contributed by atoms with Crippen LogP contribution in [0.25, 0.3) is 0 Å². The van der Waals surface area contributed by atoms with Gasteiger partial charge in [0.15, 0.2) is 11.6 Å². The molecule has 2 N–H and O–H groups in total. The van der Waals surface area contributed by atoms with Crippen LogP contribution >= 0.6 is 0 Å². The van der Waals surface area contributed by atoms with Crippen LogP contribution in [-0.4, -0.2) is 48.5 Å². The van der Waals surface area contributed by atoms with Crippen LogP contribution in [0.3, 0.4) is 0 Å². The average Bonchev–Trinajstić information content (AvgIpc) is 2.99. The van der Waals surface area contributed by atoms with Crippen molar-refractivity contribution in [1.29, 1.82) is 0 Å². The van der Waals surface area contributed by atoms with E-state index in [9.17, 15) is 9.18 Å². The second-order valence-electron chi connectivity index (χ2n) is 5.07. The molecule has 0 spiro atoms. The van der Waals surface area contributed by atoms with Crippen molar-refractivity contribution in [2.75, 3.05) is 32.0 Å². The maximum atomic E-state index is 14.0. The quantitative estimate of drug-likeness (QED) is 0.857. The van der Waals surface area contributed by atoms with Crippen molar-refractivity contribution in [2.45, 2.75) is 25.8 Å². The summed E-state index contributed by atoms with van der Waals surface area (Å²) in [6.45, 7) is 4.75. The highest BCUT2D eigenvalue weighted by Gasteiger charge is 2.20. The number of amides is 1. The lowest BCUT2D eigenvalue weighted by Gasteiger charge is -2.23. The number of nitrogens with one attached hydrogen (secondary N) is 2. The number of halogens is 1. The molecule has 1 aromatic rings. The van der Waals surface area contributed by atoms with Crippen molar-refractivity contribution in [3.05, 3.63) is 23.6 Å². The molecule has 1 aromatic heterocycles. The normalized spacial score (nSPS) is 16.9. The second-order valence-corrected chi connectivity index (χ2v) is 5.07. The summed E-state index contributed by atoms with van der Waals surface area (Å²) >= 11 is 0. The van der Waals surface area contributed by atoms with Gasteiger partial charge in [0.25, 0.3) is 5.91 Å². The van der Waals surface area contributed by atoms with Gasteiger partial charge in [-0.15, -0.1) is 0 Å². The van der Waals surface area contributed by atoms with Gasteiger partial charge in [-0.2, -0.15) is 0 Å². The van der Waals surface area contributed by atoms with Gasteiger partial charge in [-0.25, -0.2) is 9.37 Å². The maximum Gasteiger partial charge on any atom is 0.254 e. The number of nitrogens with zero attached hydrogens (tertiary/aromatic N) is 2. The Hall–Kier alpha value is -1.69. The number of aromatic nitrogens is 1. The zero-order valence-corrected chi connectivity index (χ0v) is 11.9. The van der Waals surface area contributed by atoms with Crippen molar-refractivity contribution < 1.29 is 9.18 Å². The number of carbonyl (C=O) groups excluding carboxylic acids is 1. The third-order valence-electron chi connectivity index (χ3n) is 3.69. The van der Waals surface area contributed by atoms with Gasteiger partial charge in [0.05, 0.1) is 5.56 Å². The molecule has 0 aromatic carbocycles. The number of likely N-dealkylation sites (tertiary alicyclic amines) is 1. The van der Waals surface area contributed by atoms with Gasteiger partial charge in [0.1, 0.15) is 0 Å². The third kappa shape index (κ3) is 3.25. The molecule has 2 heterocycles. The van der Waals surface area contributed by atoms with Crippen molar-refractivity contribution in [3.63, 3.8) is 0 Å². The minimum atomic E-state index is -0.610. The predicted molar refractivity (Wildman–Crippen MR) is 76.3 cm³/mol. The molecule has 0 saturated carbocycles. The lowest BCUT2D eigenvalue weighted by atomic mass is 10.2. The van der Waals surface area contributed by atoms with E-state index < -0.39 is 11.7 Å². The summed E-state index contributed by atoms with van der Waals surface area (Å²) in [5.74, 6) is -0.918. The fraction of sp³-hybridized carbons (Fsp3) is 0.571. The van der Waals surface area contributed by atoms with Gasteiger partial charge < -0.3 is 10.6 Å². The molecule has 5 nitrogen and oxygen atoms in total. The monoisotopic (exact) mass is 280 g/mol. The van der Waals surface area contributed by atoms with Crippen LogP contribution in [0.1, 0.15) is 30.1 Å². The molecule has 20 heavy (non-hydrogen) atoms. The smallest absolute Gasteiger partial charge is 0.254 e. The Balaban J connectivity index is 1.94. The first-order valence-electron chi connectivity index (χ1n) is 6.98. The van der Waals surface area contributed by atoms with Crippen LogP contribution in [0.4, 0.5) is 10.2 Å². The first kappa shape index (κ1) is 14.7. The van der Waals surface area contributed by atoms with E-state index in [4.69, 9.17) is 0 Å². The SMILES string of the molecule is CNc1nccc(C(=O)NCC(C)N2CCCC2)c1F. The second kappa shape index (κ2) is 6.65. The molecule has 6 heteroatoms. The number of hydrogen-bond acceptors (Lipinski definition) is 4.